The summed E-state index contributed by atoms with van der Waals surface area (Å²) in [5.74, 6) is 0. The van der Waals surface area contributed by atoms with E-state index >= 15 is 0 Å². The molecule has 2 rings (SSSR count). The van der Waals surface area contributed by atoms with Gasteiger partial charge in [0.1, 0.15) is 0 Å². The van der Waals surface area contributed by atoms with Crippen molar-refractivity contribution in [1.29, 1.82) is 0 Å². The van der Waals surface area contributed by atoms with Crippen molar-refractivity contribution in [3.8, 4) is 0 Å². The zero-order chi connectivity index (χ0) is 12.5. The molecule has 0 unspecified atom stereocenters. The molecule has 1 aliphatic rings. The van der Waals surface area contributed by atoms with E-state index in [1.807, 2.05) is 6.07 Å². The highest BCUT2D eigenvalue weighted by Gasteiger charge is 2.08. The molecule has 1 fully saturated rings. The van der Waals surface area contributed by atoms with E-state index in [2.05, 4.69) is 46.6 Å². The molecule has 1 N–H and O–H groups in total. The van der Waals surface area contributed by atoms with E-state index in [9.17, 15) is 0 Å². The summed E-state index contributed by atoms with van der Waals surface area (Å²) < 4.78 is 5.32. The van der Waals surface area contributed by atoms with Gasteiger partial charge in [0.05, 0.1) is 13.2 Å². The van der Waals surface area contributed by atoms with Gasteiger partial charge in [0.25, 0.3) is 0 Å². The lowest BCUT2D eigenvalue weighted by atomic mass is 10.2. The Hall–Kier alpha value is -1.16. The van der Waals surface area contributed by atoms with Crippen molar-refractivity contribution in [1.82, 2.24) is 10.2 Å². The van der Waals surface area contributed by atoms with Gasteiger partial charge in [0, 0.05) is 32.7 Å². The van der Waals surface area contributed by atoms with E-state index in [4.69, 9.17) is 4.74 Å². The monoisotopic (exact) mass is 246 g/mol. The molecule has 0 aliphatic carbocycles. The number of hydrogen-bond acceptors (Lipinski definition) is 3. The number of morpholine rings is 1. The third kappa shape index (κ3) is 5.00. The van der Waals surface area contributed by atoms with Crippen LogP contribution in [0.1, 0.15) is 5.56 Å². The molecule has 0 amide bonds. The average Bonchev–Trinajstić information content (AvgIpc) is 2.45. The van der Waals surface area contributed by atoms with Gasteiger partial charge in [-0.05, 0) is 5.56 Å². The number of nitrogens with zero attached hydrogens (tertiary/aromatic N) is 1. The van der Waals surface area contributed by atoms with E-state index in [0.29, 0.717) is 0 Å². The quantitative estimate of drug-likeness (QED) is 0.772. The Kier molecular flexibility index (Phi) is 5.92. The molecule has 0 bridgehead atoms. The van der Waals surface area contributed by atoms with Crippen LogP contribution in [0.15, 0.2) is 36.4 Å². The largest absolute Gasteiger partial charge is 0.379 e. The Morgan fingerprint density at radius 2 is 1.94 bits per heavy atom. The maximum absolute atomic E-state index is 5.32. The van der Waals surface area contributed by atoms with Crippen molar-refractivity contribution in [2.45, 2.75) is 0 Å². The third-order valence-electron chi connectivity index (χ3n) is 3.08. The average molecular weight is 246 g/mol. The van der Waals surface area contributed by atoms with Crippen molar-refractivity contribution in [2.75, 3.05) is 45.9 Å². The number of rotatable bonds is 6. The minimum absolute atomic E-state index is 0.883. The van der Waals surface area contributed by atoms with E-state index in [-0.39, 0.29) is 0 Å². The van der Waals surface area contributed by atoms with Crippen LogP contribution in [-0.4, -0.2) is 50.8 Å². The highest BCUT2D eigenvalue weighted by atomic mass is 16.5. The summed E-state index contributed by atoms with van der Waals surface area (Å²) in [6.07, 6.45) is 4.33. The molecule has 0 radical (unpaired) electrons. The number of benzene rings is 1. The molecule has 0 saturated carbocycles. The van der Waals surface area contributed by atoms with Crippen molar-refractivity contribution >= 4 is 6.08 Å². The Morgan fingerprint density at radius 1 is 1.17 bits per heavy atom. The Bertz CT molecular complexity index is 345. The first-order valence-electron chi connectivity index (χ1n) is 6.67. The van der Waals surface area contributed by atoms with Gasteiger partial charge in [-0.25, -0.2) is 0 Å². The van der Waals surface area contributed by atoms with E-state index < -0.39 is 0 Å². The molecule has 3 nitrogen and oxygen atoms in total. The molecule has 0 spiro atoms. The summed E-state index contributed by atoms with van der Waals surface area (Å²) in [6, 6.07) is 10.4. The minimum atomic E-state index is 0.883. The van der Waals surface area contributed by atoms with E-state index in [1.165, 1.54) is 5.56 Å². The van der Waals surface area contributed by atoms with Gasteiger partial charge in [0.15, 0.2) is 0 Å². The molecule has 1 aromatic rings. The number of hydrogen-bond donors (Lipinski definition) is 1. The van der Waals surface area contributed by atoms with Gasteiger partial charge >= 0.3 is 0 Å². The first-order chi connectivity index (χ1) is 8.95. The highest BCUT2D eigenvalue weighted by molar-refractivity contribution is 5.48. The van der Waals surface area contributed by atoms with E-state index in [1.54, 1.807) is 0 Å². The van der Waals surface area contributed by atoms with Crippen LogP contribution in [0.5, 0.6) is 0 Å². The van der Waals surface area contributed by atoms with Crippen molar-refractivity contribution in [2.24, 2.45) is 0 Å². The molecule has 98 valence electrons. The van der Waals surface area contributed by atoms with Gasteiger partial charge < -0.3 is 10.1 Å². The Balaban J connectivity index is 1.54. The summed E-state index contributed by atoms with van der Waals surface area (Å²) >= 11 is 0. The predicted molar refractivity (Wildman–Crippen MR) is 75.6 cm³/mol. The van der Waals surface area contributed by atoms with Gasteiger partial charge in [-0.3, -0.25) is 4.90 Å². The normalized spacial score (nSPS) is 17.3. The molecule has 18 heavy (non-hydrogen) atoms. The van der Waals surface area contributed by atoms with Gasteiger partial charge in [-0.1, -0.05) is 42.5 Å². The lowest BCUT2D eigenvalue weighted by molar-refractivity contribution is 0.0385. The summed E-state index contributed by atoms with van der Waals surface area (Å²) in [6.45, 7) is 6.99. The summed E-state index contributed by atoms with van der Waals surface area (Å²) in [5.41, 5.74) is 1.26. The molecular weight excluding hydrogens is 224 g/mol. The summed E-state index contributed by atoms with van der Waals surface area (Å²) in [7, 11) is 0. The van der Waals surface area contributed by atoms with Crippen LogP contribution in [0.3, 0.4) is 0 Å². The van der Waals surface area contributed by atoms with Gasteiger partial charge in [-0.2, -0.15) is 0 Å². The summed E-state index contributed by atoms with van der Waals surface area (Å²) in [5, 5.41) is 3.43. The van der Waals surface area contributed by atoms with Crippen LogP contribution in [0.2, 0.25) is 0 Å². The van der Waals surface area contributed by atoms with Crippen molar-refractivity contribution < 1.29 is 4.74 Å². The number of ether oxygens (including phenoxy) is 1. The van der Waals surface area contributed by atoms with Crippen LogP contribution in [0.4, 0.5) is 0 Å². The van der Waals surface area contributed by atoms with Gasteiger partial charge in [0.2, 0.25) is 0 Å². The summed E-state index contributed by atoms with van der Waals surface area (Å²) in [4.78, 5) is 2.44. The molecular formula is C15H22N2O. The van der Waals surface area contributed by atoms with Crippen molar-refractivity contribution in [3.05, 3.63) is 42.0 Å². The molecule has 1 aromatic carbocycles. The van der Waals surface area contributed by atoms with E-state index in [0.717, 1.165) is 45.9 Å². The second-order valence-corrected chi connectivity index (χ2v) is 4.47. The Labute approximate surface area is 109 Å². The molecule has 0 atom stereocenters. The molecule has 0 aromatic heterocycles. The SMILES string of the molecule is C(=C/c1ccccc1)/CNCCN1CCOCC1. The first-order valence-corrected chi connectivity index (χ1v) is 6.67. The minimum Gasteiger partial charge on any atom is -0.379 e. The fraction of sp³-hybridized carbons (Fsp3) is 0.467. The lowest BCUT2D eigenvalue weighted by Gasteiger charge is -2.26. The highest BCUT2D eigenvalue weighted by Crippen LogP contribution is 2.00. The lowest BCUT2D eigenvalue weighted by Crippen LogP contribution is -2.40. The molecule has 3 heteroatoms. The van der Waals surface area contributed by atoms with Gasteiger partial charge in [-0.15, -0.1) is 0 Å². The van der Waals surface area contributed by atoms with Crippen LogP contribution in [0.25, 0.3) is 6.08 Å². The first kappa shape index (κ1) is 13.3. The second kappa shape index (κ2) is 8.03. The Morgan fingerprint density at radius 3 is 2.72 bits per heavy atom. The molecule has 1 saturated heterocycles. The van der Waals surface area contributed by atoms with Crippen LogP contribution in [0, 0.1) is 0 Å². The zero-order valence-corrected chi connectivity index (χ0v) is 10.8. The van der Waals surface area contributed by atoms with Crippen molar-refractivity contribution in [3.63, 3.8) is 0 Å². The topological polar surface area (TPSA) is 24.5 Å². The van der Waals surface area contributed by atoms with Crippen LogP contribution < -0.4 is 5.32 Å². The smallest absolute Gasteiger partial charge is 0.0594 e. The predicted octanol–water partition coefficient (Wildman–Crippen LogP) is 1.62. The standard InChI is InChI=1S/C15H22N2O/c1-2-5-15(6-3-1)7-4-8-16-9-10-17-11-13-18-14-12-17/h1-7,16H,8-14H2/b7-4-. The maximum Gasteiger partial charge on any atom is 0.0594 e. The second-order valence-electron chi connectivity index (χ2n) is 4.47. The maximum atomic E-state index is 5.32. The van der Waals surface area contributed by atoms with Crippen LogP contribution >= 0.6 is 0 Å². The molecule has 1 heterocycles. The fourth-order valence-electron chi connectivity index (χ4n) is 2.01. The zero-order valence-electron chi connectivity index (χ0n) is 10.8. The fourth-order valence-corrected chi connectivity index (χ4v) is 2.01. The van der Waals surface area contributed by atoms with Crippen LogP contribution in [-0.2, 0) is 4.74 Å². The number of nitrogens with one attached hydrogen (secondary N) is 1. The third-order valence-corrected chi connectivity index (χ3v) is 3.08. The molecule has 1 aliphatic heterocycles.